The SMILES string of the molecule is Cn1cc(-c2cccc(CNC(=O)c3ncnc4nc(C5CCCC5)n(C)c34)n2)cn1. The van der Waals surface area contributed by atoms with Gasteiger partial charge in [0.1, 0.15) is 17.7 Å². The van der Waals surface area contributed by atoms with Crippen molar-refractivity contribution < 1.29 is 4.79 Å². The number of nitrogens with zero attached hydrogens (tertiary/aromatic N) is 7. The molecular formula is C22H24N8O. The first-order valence-corrected chi connectivity index (χ1v) is 10.5. The quantitative estimate of drug-likeness (QED) is 0.537. The Bertz CT molecular complexity index is 1250. The van der Waals surface area contributed by atoms with Crippen molar-refractivity contribution >= 4 is 17.1 Å². The number of pyridine rings is 1. The molecule has 9 nitrogen and oxygen atoms in total. The number of nitrogens with one attached hydrogen (secondary N) is 1. The number of hydrogen-bond donors (Lipinski definition) is 1. The van der Waals surface area contributed by atoms with Crippen molar-refractivity contribution in [3.8, 4) is 11.3 Å². The van der Waals surface area contributed by atoms with Crippen LogP contribution in [0.3, 0.4) is 0 Å². The molecule has 1 aliphatic rings. The van der Waals surface area contributed by atoms with Gasteiger partial charge < -0.3 is 9.88 Å². The molecule has 1 aliphatic carbocycles. The predicted octanol–water partition coefficient (Wildman–Crippen LogP) is 2.75. The number of aryl methyl sites for hydroxylation is 2. The molecule has 1 fully saturated rings. The highest BCUT2D eigenvalue weighted by atomic mass is 16.1. The smallest absolute Gasteiger partial charge is 0.272 e. The molecule has 0 aliphatic heterocycles. The van der Waals surface area contributed by atoms with Gasteiger partial charge in [0, 0.05) is 31.8 Å². The van der Waals surface area contributed by atoms with E-state index >= 15 is 0 Å². The van der Waals surface area contributed by atoms with E-state index in [0.717, 1.165) is 35.6 Å². The molecule has 158 valence electrons. The molecule has 0 aromatic carbocycles. The van der Waals surface area contributed by atoms with E-state index in [9.17, 15) is 4.79 Å². The lowest BCUT2D eigenvalue weighted by atomic mass is 10.1. The number of carbonyl (C=O) groups excluding carboxylic acids is 1. The normalized spacial score (nSPS) is 14.4. The van der Waals surface area contributed by atoms with Gasteiger partial charge in [-0.2, -0.15) is 5.10 Å². The fraction of sp³-hybridized carbons (Fsp3) is 0.364. The van der Waals surface area contributed by atoms with Crippen LogP contribution in [-0.2, 0) is 20.6 Å². The summed E-state index contributed by atoms with van der Waals surface area (Å²) < 4.78 is 3.72. The number of hydrogen-bond acceptors (Lipinski definition) is 6. The second-order valence-electron chi connectivity index (χ2n) is 8.00. The van der Waals surface area contributed by atoms with E-state index in [1.54, 1.807) is 10.9 Å². The van der Waals surface area contributed by atoms with E-state index in [1.807, 2.05) is 43.1 Å². The molecular weight excluding hydrogens is 392 g/mol. The monoisotopic (exact) mass is 416 g/mol. The molecule has 4 aromatic rings. The van der Waals surface area contributed by atoms with Gasteiger partial charge in [-0.3, -0.25) is 14.5 Å². The second-order valence-corrected chi connectivity index (χ2v) is 8.00. The van der Waals surface area contributed by atoms with E-state index in [0.29, 0.717) is 29.3 Å². The molecule has 0 saturated heterocycles. The van der Waals surface area contributed by atoms with E-state index in [2.05, 4.69) is 25.4 Å². The fourth-order valence-corrected chi connectivity index (χ4v) is 4.32. The molecule has 0 spiro atoms. The van der Waals surface area contributed by atoms with Gasteiger partial charge in [0.2, 0.25) is 0 Å². The summed E-state index contributed by atoms with van der Waals surface area (Å²) in [6, 6.07) is 5.74. The summed E-state index contributed by atoms with van der Waals surface area (Å²) in [7, 11) is 3.81. The lowest BCUT2D eigenvalue weighted by Crippen LogP contribution is -2.25. The Labute approximate surface area is 179 Å². The third-order valence-corrected chi connectivity index (χ3v) is 5.88. The lowest BCUT2D eigenvalue weighted by molar-refractivity contribution is 0.0946. The topological polar surface area (TPSA) is 103 Å². The van der Waals surface area contributed by atoms with Gasteiger partial charge >= 0.3 is 0 Å². The molecule has 0 radical (unpaired) electrons. The molecule has 0 unspecified atom stereocenters. The van der Waals surface area contributed by atoms with Gasteiger partial charge in [-0.1, -0.05) is 18.9 Å². The second kappa shape index (κ2) is 7.90. The highest BCUT2D eigenvalue weighted by Crippen LogP contribution is 2.34. The first-order valence-electron chi connectivity index (χ1n) is 10.5. The van der Waals surface area contributed by atoms with Crippen LogP contribution in [0.2, 0.25) is 0 Å². The molecule has 0 bridgehead atoms. The summed E-state index contributed by atoms with van der Waals surface area (Å²) >= 11 is 0. The van der Waals surface area contributed by atoms with Crippen LogP contribution in [0.25, 0.3) is 22.4 Å². The lowest BCUT2D eigenvalue weighted by Gasteiger charge is -2.10. The predicted molar refractivity (Wildman–Crippen MR) is 115 cm³/mol. The van der Waals surface area contributed by atoms with E-state index < -0.39 is 0 Å². The van der Waals surface area contributed by atoms with Crippen LogP contribution in [0.1, 0.15) is 53.6 Å². The molecule has 31 heavy (non-hydrogen) atoms. The Morgan fingerprint density at radius 3 is 2.77 bits per heavy atom. The van der Waals surface area contributed by atoms with Crippen LogP contribution < -0.4 is 5.32 Å². The highest BCUT2D eigenvalue weighted by molar-refractivity contribution is 6.02. The largest absolute Gasteiger partial charge is 0.345 e. The maximum atomic E-state index is 13.0. The highest BCUT2D eigenvalue weighted by Gasteiger charge is 2.25. The Hall–Kier alpha value is -3.62. The Balaban J connectivity index is 1.37. The van der Waals surface area contributed by atoms with Gasteiger partial charge in [0.25, 0.3) is 5.91 Å². The molecule has 1 amide bonds. The van der Waals surface area contributed by atoms with Gasteiger partial charge in [0.15, 0.2) is 11.3 Å². The fourth-order valence-electron chi connectivity index (χ4n) is 4.32. The average molecular weight is 416 g/mol. The molecule has 5 rings (SSSR count). The minimum absolute atomic E-state index is 0.262. The van der Waals surface area contributed by atoms with Crippen molar-refractivity contribution in [2.24, 2.45) is 14.1 Å². The van der Waals surface area contributed by atoms with Crippen LogP contribution in [0.15, 0.2) is 36.9 Å². The van der Waals surface area contributed by atoms with Crippen LogP contribution in [0.5, 0.6) is 0 Å². The van der Waals surface area contributed by atoms with Crippen molar-refractivity contribution in [1.82, 2.24) is 39.6 Å². The van der Waals surface area contributed by atoms with Crippen molar-refractivity contribution in [2.75, 3.05) is 0 Å². The first kappa shape index (κ1) is 19.3. The first-order chi connectivity index (χ1) is 15.1. The summed E-state index contributed by atoms with van der Waals surface area (Å²) in [5.74, 6) is 1.16. The molecule has 0 atom stereocenters. The van der Waals surface area contributed by atoms with Gasteiger partial charge in [-0.25, -0.2) is 15.0 Å². The third kappa shape index (κ3) is 3.67. The molecule has 4 aromatic heterocycles. The van der Waals surface area contributed by atoms with Gasteiger partial charge in [-0.05, 0) is 25.0 Å². The zero-order chi connectivity index (χ0) is 21.4. The minimum atomic E-state index is -0.262. The molecule has 4 heterocycles. The molecule has 1 saturated carbocycles. The van der Waals surface area contributed by atoms with Gasteiger partial charge in [0.05, 0.1) is 24.1 Å². The number of rotatable bonds is 5. The average Bonchev–Trinajstić information content (AvgIpc) is 3.53. The van der Waals surface area contributed by atoms with Crippen molar-refractivity contribution in [3.63, 3.8) is 0 Å². The van der Waals surface area contributed by atoms with E-state index in [-0.39, 0.29) is 5.91 Å². The Kier molecular flexibility index (Phi) is 4.93. The van der Waals surface area contributed by atoms with Crippen molar-refractivity contribution in [2.45, 2.75) is 38.1 Å². The number of amides is 1. The number of aromatic nitrogens is 7. The standard InChI is InChI=1S/C22H24N8O/c1-29-12-15(10-26-29)17-9-5-8-16(27-17)11-23-22(31)18-19-20(25-13-24-18)28-21(30(19)2)14-6-3-4-7-14/h5,8-10,12-14H,3-4,6-7,11H2,1-2H3,(H,23,31). The summed E-state index contributed by atoms with van der Waals surface area (Å²) in [6.45, 7) is 0.297. The number of imidazole rings is 1. The van der Waals surface area contributed by atoms with E-state index in [1.165, 1.54) is 19.2 Å². The van der Waals surface area contributed by atoms with Crippen molar-refractivity contribution in [1.29, 1.82) is 0 Å². The summed E-state index contributed by atoms with van der Waals surface area (Å²) in [4.78, 5) is 30.9. The maximum Gasteiger partial charge on any atom is 0.272 e. The number of carbonyl (C=O) groups is 1. The van der Waals surface area contributed by atoms with Crippen LogP contribution in [0.4, 0.5) is 0 Å². The van der Waals surface area contributed by atoms with Crippen LogP contribution in [-0.4, -0.2) is 40.2 Å². The number of fused-ring (bicyclic) bond motifs is 1. The zero-order valence-electron chi connectivity index (χ0n) is 17.6. The summed E-state index contributed by atoms with van der Waals surface area (Å²) in [5.41, 5.74) is 4.10. The Morgan fingerprint density at radius 1 is 1.16 bits per heavy atom. The maximum absolute atomic E-state index is 13.0. The van der Waals surface area contributed by atoms with Gasteiger partial charge in [-0.15, -0.1) is 0 Å². The third-order valence-electron chi connectivity index (χ3n) is 5.88. The summed E-state index contributed by atoms with van der Waals surface area (Å²) in [6.07, 6.45) is 9.79. The molecule has 9 heteroatoms. The molecule has 1 N–H and O–H groups in total. The zero-order valence-corrected chi connectivity index (χ0v) is 17.6. The van der Waals surface area contributed by atoms with E-state index in [4.69, 9.17) is 4.98 Å². The summed E-state index contributed by atoms with van der Waals surface area (Å²) in [5, 5.41) is 7.13. The minimum Gasteiger partial charge on any atom is -0.345 e. The van der Waals surface area contributed by atoms with Crippen molar-refractivity contribution in [3.05, 3.63) is 54.1 Å². The Morgan fingerprint density at radius 2 is 2.00 bits per heavy atom. The van der Waals surface area contributed by atoms with Crippen LogP contribution >= 0.6 is 0 Å². The van der Waals surface area contributed by atoms with Crippen LogP contribution in [0, 0.1) is 0 Å².